The number of benzene rings is 1. The maximum atomic E-state index is 13.0. The topological polar surface area (TPSA) is 66.4 Å². The normalized spacial score (nSPS) is 10.3. The Kier molecular flexibility index (Phi) is 6.24. The number of rotatable bonds is 6. The van der Waals surface area contributed by atoms with Crippen LogP contribution in [0.5, 0.6) is 0 Å². The number of carbonyl (C=O) groups is 2. The van der Waals surface area contributed by atoms with Crippen molar-refractivity contribution in [2.45, 2.75) is 25.7 Å². The summed E-state index contributed by atoms with van der Waals surface area (Å²) in [5.74, 6) is -1.68. The molecule has 19 heavy (non-hydrogen) atoms. The molecule has 104 valence electrons. The van der Waals surface area contributed by atoms with E-state index < -0.39 is 11.8 Å². The second-order valence-electron chi connectivity index (χ2n) is 3.89. The van der Waals surface area contributed by atoms with Gasteiger partial charge in [0.2, 0.25) is 5.91 Å². The Morgan fingerprint density at radius 3 is 2.53 bits per heavy atom. The van der Waals surface area contributed by atoms with E-state index in [1.54, 1.807) is 0 Å². The molecule has 0 spiro atoms. The molecule has 0 aliphatic heterocycles. The highest BCUT2D eigenvalue weighted by atomic mass is 79.9. The van der Waals surface area contributed by atoms with Gasteiger partial charge in [-0.25, -0.2) is 4.39 Å². The smallest absolute Gasteiger partial charge is 0.303 e. The second kappa shape index (κ2) is 7.45. The van der Waals surface area contributed by atoms with Crippen LogP contribution in [-0.2, 0) is 9.59 Å². The van der Waals surface area contributed by atoms with E-state index >= 15 is 0 Å². The van der Waals surface area contributed by atoms with Gasteiger partial charge in [-0.2, -0.15) is 0 Å². The molecule has 0 heterocycles. The average Bonchev–Trinajstić information content (AvgIpc) is 2.29. The molecule has 0 aromatic heterocycles. The SMILES string of the molecule is O=C(O)CCCCC(=O)Nc1c(Cl)cc(F)cc1Br. The van der Waals surface area contributed by atoms with Crippen LogP contribution >= 0.6 is 27.5 Å². The van der Waals surface area contributed by atoms with E-state index in [0.717, 1.165) is 6.07 Å². The number of carboxylic acids is 1. The van der Waals surface area contributed by atoms with Crippen LogP contribution in [0.25, 0.3) is 0 Å². The van der Waals surface area contributed by atoms with Crippen LogP contribution in [0, 0.1) is 5.82 Å². The summed E-state index contributed by atoms with van der Waals surface area (Å²) in [4.78, 5) is 21.9. The molecule has 2 N–H and O–H groups in total. The van der Waals surface area contributed by atoms with Crippen LogP contribution in [-0.4, -0.2) is 17.0 Å². The third-order valence-corrected chi connectivity index (χ3v) is 3.24. The summed E-state index contributed by atoms with van der Waals surface area (Å²) < 4.78 is 13.3. The van der Waals surface area contributed by atoms with E-state index in [1.807, 2.05) is 0 Å². The molecule has 1 amide bonds. The number of hydrogen-bond acceptors (Lipinski definition) is 2. The molecule has 0 saturated carbocycles. The number of anilines is 1. The summed E-state index contributed by atoms with van der Waals surface area (Å²) in [5, 5.41) is 11.1. The molecule has 0 fully saturated rings. The largest absolute Gasteiger partial charge is 0.481 e. The molecule has 1 aromatic rings. The fourth-order valence-electron chi connectivity index (χ4n) is 1.43. The van der Waals surface area contributed by atoms with Crippen molar-refractivity contribution in [2.24, 2.45) is 0 Å². The number of aliphatic carboxylic acids is 1. The van der Waals surface area contributed by atoms with Crippen molar-refractivity contribution in [1.29, 1.82) is 0 Å². The van der Waals surface area contributed by atoms with Gasteiger partial charge in [-0.3, -0.25) is 9.59 Å². The number of amides is 1. The lowest BCUT2D eigenvalue weighted by molar-refractivity contribution is -0.137. The zero-order valence-electron chi connectivity index (χ0n) is 9.88. The molecule has 0 aliphatic rings. The molecule has 1 rings (SSSR count). The molecule has 0 aliphatic carbocycles. The van der Waals surface area contributed by atoms with E-state index in [1.165, 1.54) is 6.07 Å². The lowest BCUT2D eigenvalue weighted by Crippen LogP contribution is -2.12. The first-order valence-corrected chi connectivity index (χ1v) is 6.73. The Hall–Kier alpha value is -1.14. The maximum Gasteiger partial charge on any atom is 0.303 e. The van der Waals surface area contributed by atoms with E-state index in [4.69, 9.17) is 16.7 Å². The predicted octanol–water partition coefficient (Wildman–Crippen LogP) is 3.83. The predicted molar refractivity (Wildman–Crippen MR) is 73.8 cm³/mol. The Bertz CT molecular complexity index is 473. The van der Waals surface area contributed by atoms with Gasteiger partial charge in [0.15, 0.2) is 0 Å². The van der Waals surface area contributed by atoms with Gasteiger partial charge in [0, 0.05) is 17.3 Å². The van der Waals surface area contributed by atoms with Crippen molar-refractivity contribution >= 4 is 45.1 Å². The highest BCUT2D eigenvalue weighted by Crippen LogP contribution is 2.31. The third-order valence-electron chi connectivity index (χ3n) is 2.32. The van der Waals surface area contributed by atoms with E-state index in [9.17, 15) is 14.0 Å². The lowest BCUT2D eigenvalue weighted by Gasteiger charge is -2.09. The van der Waals surface area contributed by atoms with Crippen LogP contribution in [0.1, 0.15) is 25.7 Å². The third kappa shape index (κ3) is 5.57. The lowest BCUT2D eigenvalue weighted by atomic mass is 10.2. The van der Waals surface area contributed by atoms with Crippen molar-refractivity contribution < 1.29 is 19.1 Å². The van der Waals surface area contributed by atoms with Gasteiger partial charge in [-0.15, -0.1) is 0 Å². The summed E-state index contributed by atoms with van der Waals surface area (Å²) in [7, 11) is 0. The van der Waals surface area contributed by atoms with Gasteiger partial charge in [-0.1, -0.05) is 11.6 Å². The zero-order valence-corrected chi connectivity index (χ0v) is 12.2. The molecule has 0 bridgehead atoms. The van der Waals surface area contributed by atoms with Crippen LogP contribution in [0.15, 0.2) is 16.6 Å². The van der Waals surface area contributed by atoms with Gasteiger partial charge < -0.3 is 10.4 Å². The Labute approximate surface area is 123 Å². The summed E-state index contributed by atoms with van der Waals surface area (Å²) in [6, 6.07) is 2.30. The van der Waals surface area contributed by atoms with Crippen molar-refractivity contribution in [3.05, 3.63) is 27.4 Å². The number of unbranched alkanes of at least 4 members (excludes halogenated alkanes) is 1. The highest BCUT2D eigenvalue weighted by molar-refractivity contribution is 9.10. The summed E-state index contributed by atoms with van der Waals surface area (Å²) >= 11 is 8.93. The first kappa shape index (κ1) is 15.9. The Morgan fingerprint density at radius 1 is 1.32 bits per heavy atom. The minimum absolute atomic E-state index is 0.0360. The molecule has 7 heteroatoms. The quantitative estimate of drug-likeness (QED) is 0.765. The van der Waals surface area contributed by atoms with E-state index in [-0.39, 0.29) is 23.8 Å². The molecule has 0 unspecified atom stereocenters. The Balaban J connectivity index is 2.51. The van der Waals surface area contributed by atoms with Gasteiger partial charge >= 0.3 is 5.97 Å². The van der Waals surface area contributed by atoms with Crippen LogP contribution in [0.3, 0.4) is 0 Å². The molecule has 0 saturated heterocycles. The number of halogens is 3. The second-order valence-corrected chi connectivity index (χ2v) is 5.15. The minimum Gasteiger partial charge on any atom is -0.481 e. The van der Waals surface area contributed by atoms with Gasteiger partial charge in [0.25, 0.3) is 0 Å². The standard InChI is InChI=1S/C12H12BrClFNO3/c13-8-5-7(15)6-9(14)12(8)16-10(17)3-1-2-4-11(18)19/h5-6H,1-4H2,(H,16,17)(H,18,19). The van der Waals surface area contributed by atoms with Crippen molar-refractivity contribution in [3.63, 3.8) is 0 Å². The van der Waals surface area contributed by atoms with Crippen LogP contribution in [0.4, 0.5) is 10.1 Å². The molecule has 4 nitrogen and oxygen atoms in total. The minimum atomic E-state index is -0.885. The Morgan fingerprint density at radius 2 is 1.95 bits per heavy atom. The number of nitrogens with one attached hydrogen (secondary N) is 1. The van der Waals surface area contributed by atoms with Crippen molar-refractivity contribution in [2.75, 3.05) is 5.32 Å². The number of carbonyl (C=O) groups excluding carboxylic acids is 1. The van der Waals surface area contributed by atoms with E-state index in [0.29, 0.717) is 23.0 Å². The monoisotopic (exact) mass is 351 g/mol. The van der Waals surface area contributed by atoms with E-state index in [2.05, 4.69) is 21.2 Å². The molecule has 0 radical (unpaired) electrons. The first-order chi connectivity index (χ1) is 8.90. The summed E-state index contributed by atoms with van der Waals surface area (Å²) in [6.07, 6.45) is 1.12. The van der Waals surface area contributed by atoms with Gasteiger partial charge in [-0.05, 0) is 40.9 Å². The fraction of sp³-hybridized carbons (Fsp3) is 0.333. The summed E-state index contributed by atoms with van der Waals surface area (Å²) in [5.41, 5.74) is 0.311. The van der Waals surface area contributed by atoms with Crippen LogP contribution in [0.2, 0.25) is 5.02 Å². The van der Waals surface area contributed by atoms with Gasteiger partial charge in [0.1, 0.15) is 5.82 Å². The fourth-order valence-corrected chi connectivity index (χ4v) is 2.32. The summed E-state index contributed by atoms with van der Waals surface area (Å²) in [6.45, 7) is 0. The van der Waals surface area contributed by atoms with Crippen molar-refractivity contribution in [1.82, 2.24) is 0 Å². The number of hydrogen-bond donors (Lipinski definition) is 2. The first-order valence-electron chi connectivity index (χ1n) is 5.56. The maximum absolute atomic E-state index is 13.0. The average molecular weight is 353 g/mol. The molecular weight excluding hydrogens is 340 g/mol. The zero-order chi connectivity index (χ0) is 14.4. The van der Waals surface area contributed by atoms with Crippen molar-refractivity contribution in [3.8, 4) is 0 Å². The molecular formula is C12H12BrClFNO3. The number of carboxylic acid groups (broad SMARTS) is 1. The van der Waals surface area contributed by atoms with Gasteiger partial charge in [0.05, 0.1) is 10.7 Å². The molecule has 0 atom stereocenters. The molecule has 1 aromatic carbocycles. The van der Waals surface area contributed by atoms with Crippen LogP contribution < -0.4 is 5.32 Å². The highest BCUT2D eigenvalue weighted by Gasteiger charge is 2.11.